The van der Waals surface area contributed by atoms with Gasteiger partial charge in [-0.25, -0.2) is 10.9 Å². The quantitative estimate of drug-likeness (QED) is 0.682. The summed E-state index contributed by atoms with van der Waals surface area (Å²) in [6.45, 7) is 2.77. The van der Waals surface area contributed by atoms with Crippen molar-refractivity contribution in [2.24, 2.45) is 0 Å². The number of aromatic hydroxyl groups is 1. The highest BCUT2D eigenvalue weighted by atomic mass is 32.2. The van der Waals surface area contributed by atoms with E-state index in [4.69, 9.17) is 0 Å². The normalized spacial score (nSPS) is 19.5. The number of aryl methyl sites for hydroxylation is 1. The van der Waals surface area contributed by atoms with Crippen molar-refractivity contribution in [1.29, 1.82) is 0 Å². The smallest absolute Gasteiger partial charge is 0.240 e. The number of amides is 1. The Morgan fingerprint density at radius 3 is 2.65 bits per heavy atom. The molecule has 5 nitrogen and oxygen atoms in total. The molecule has 0 aromatic heterocycles. The van der Waals surface area contributed by atoms with Crippen LogP contribution >= 0.6 is 11.8 Å². The first-order valence-electron chi connectivity index (χ1n) is 8.78. The van der Waals surface area contributed by atoms with Gasteiger partial charge in [-0.3, -0.25) is 4.79 Å². The predicted octanol–water partition coefficient (Wildman–Crippen LogP) is 2.86. The second-order valence-electron chi connectivity index (χ2n) is 6.61. The molecule has 1 heterocycles. The number of nitrogens with zero attached hydrogens (tertiary/aromatic N) is 1. The van der Waals surface area contributed by atoms with E-state index in [2.05, 4.69) is 42.0 Å². The number of nitrogens with one attached hydrogen (secondary N) is 2. The highest BCUT2D eigenvalue weighted by Gasteiger charge is 2.32. The number of carbonyl (C=O) groups is 1. The van der Waals surface area contributed by atoms with E-state index in [1.807, 2.05) is 19.2 Å². The molecular formula is C20H25N3O2S. The zero-order chi connectivity index (χ0) is 18.5. The van der Waals surface area contributed by atoms with Gasteiger partial charge in [-0.1, -0.05) is 35.9 Å². The van der Waals surface area contributed by atoms with Gasteiger partial charge in [-0.2, -0.15) is 0 Å². The standard InChI is InChI=1S/C20H25N3O2S/c1-14-7-9-15(10-8-14)26-12-11-23(2)20(25)18-13-17(21-22-18)16-5-3-4-6-19(16)24/h3-10,17-18,21-22,24H,11-13H2,1-2H3. The Bertz CT molecular complexity index is 751. The molecule has 1 amide bonds. The van der Waals surface area contributed by atoms with Gasteiger partial charge in [0.05, 0.1) is 6.04 Å². The maximum absolute atomic E-state index is 12.6. The van der Waals surface area contributed by atoms with Crippen molar-refractivity contribution in [3.8, 4) is 5.75 Å². The summed E-state index contributed by atoms with van der Waals surface area (Å²) in [5.74, 6) is 1.18. The van der Waals surface area contributed by atoms with Crippen LogP contribution in [0.3, 0.4) is 0 Å². The van der Waals surface area contributed by atoms with Gasteiger partial charge in [-0.15, -0.1) is 11.8 Å². The number of rotatable bonds is 6. The largest absolute Gasteiger partial charge is 0.508 e. The van der Waals surface area contributed by atoms with Crippen LogP contribution in [0, 0.1) is 6.92 Å². The molecule has 2 aromatic rings. The molecule has 1 aliphatic rings. The first kappa shape index (κ1) is 18.8. The molecule has 2 atom stereocenters. The summed E-state index contributed by atoms with van der Waals surface area (Å²) >= 11 is 1.75. The minimum Gasteiger partial charge on any atom is -0.508 e. The maximum atomic E-state index is 12.6. The van der Waals surface area contributed by atoms with Gasteiger partial charge in [-0.05, 0) is 31.5 Å². The van der Waals surface area contributed by atoms with Crippen LogP contribution in [0.5, 0.6) is 5.75 Å². The SMILES string of the molecule is Cc1ccc(SCCN(C)C(=O)C2CC(c3ccccc3O)NN2)cc1. The molecule has 0 aliphatic carbocycles. The Balaban J connectivity index is 1.48. The van der Waals surface area contributed by atoms with Gasteiger partial charge in [0.1, 0.15) is 11.8 Å². The molecule has 0 spiro atoms. The molecule has 0 radical (unpaired) electrons. The van der Waals surface area contributed by atoms with Gasteiger partial charge in [0, 0.05) is 29.8 Å². The Morgan fingerprint density at radius 2 is 1.92 bits per heavy atom. The second-order valence-corrected chi connectivity index (χ2v) is 7.78. The molecular weight excluding hydrogens is 346 g/mol. The zero-order valence-corrected chi connectivity index (χ0v) is 15.9. The molecule has 3 rings (SSSR count). The van der Waals surface area contributed by atoms with Gasteiger partial charge in [0.25, 0.3) is 0 Å². The van der Waals surface area contributed by atoms with Crippen molar-refractivity contribution in [3.05, 3.63) is 59.7 Å². The van der Waals surface area contributed by atoms with E-state index in [-0.39, 0.29) is 23.7 Å². The van der Waals surface area contributed by atoms with Crippen molar-refractivity contribution < 1.29 is 9.90 Å². The molecule has 1 fully saturated rings. The fourth-order valence-electron chi connectivity index (χ4n) is 3.02. The van der Waals surface area contributed by atoms with Crippen LogP contribution in [0.25, 0.3) is 0 Å². The molecule has 138 valence electrons. The van der Waals surface area contributed by atoms with Crippen LogP contribution in [0.2, 0.25) is 0 Å². The van der Waals surface area contributed by atoms with Crippen molar-refractivity contribution in [3.63, 3.8) is 0 Å². The van der Waals surface area contributed by atoms with E-state index in [0.29, 0.717) is 13.0 Å². The Labute approximate surface area is 158 Å². The monoisotopic (exact) mass is 371 g/mol. The number of carbonyl (C=O) groups excluding carboxylic acids is 1. The highest BCUT2D eigenvalue weighted by molar-refractivity contribution is 7.99. The van der Waals surface area contributed by atoms with Crippen LogP contribution in [-0.4, -0.2) is 41.3 Å². The Kier molecular flexibility index (Phi) is 6.19. The Morgan fingerprint density at radius 1 is 1.19 bits per heavy atom. The number of thioether (sulfide) groups is 1. The molecule has 1 saturated heterocycles. The van der Waals surface area contributed by atoms with E-state index in [1.54, 1.807) is 28.8 Å². The number of benzene rings is 2. The molecule has 3 N–H and O–H groups in total. The molecule has 0 saturated carbocycles. The van der Waals surface area contributed by atoms with E-state index in [9.17, 15) is 9.90 Å². The van der Waals surface area contributed by atoms with E-state index in [0.717, 1.165) is 11.3 Å². The highest BCUT2D eigenvalue weighted by Crippen LogP contribution is 2.29. The van der Waals surface area contributed by atoms with Gasteiger partial charge in [0.2, 0.25) is 5.91 Å². The zero-order valence-electron chi connectivity index (χ0n) is 15.1. The minimum absolute atomic E-state index is 0.0690. The lowest BCUT2D eigenvalue weighted by molar-refractivity contribution is -0.131. The predicted molar refractivity (Wildman–Crippen MR) is 105 cm³/mol. The lowest BCUT2D eigenvalue weighted by Crippen LogP contribution is -2.44. The fourth-order valence-corrected chi connectivity index (χ4v) is 3.94. The summed E-state index contributed by atoms with van der Waals surface area (Å²) in [4.78, 5) is 15.6. The number of phenolic OH excluding ortho intramolecular Hbond substituents is 1. The van der Waals surface area contributed by atoms with Gasteiger partial charge >= 0.3 is 0 Å². The lowest BCUT2D eigenvalue weighted by atomic mass is 10.0. The van der Waals surface area contributed by atoms with Crippen LogP contribution in [0.1, 0.15) is 23.6 Å². The van der Waals surface area contributed by atoms with Crippen molar-refractivity contribution in [2.45, 2.75) is 30.3 Å². The average Bonchev–Trinajstić information content (AvgIpc) is 3.13. The fraction of sp³-hybridized carbons (Fsp3) is 0.350. The van der Waals surface area contributed by atoms with Crippen molar-refractivity contribution in [2.75, 3.05) is 19.3 Å². The Hall–Kier alpha value is -2.02. The molecule has 1 aliphatic heterocycles. The van der Waals surface area contributed by atoms with Gasteiger partial charge in [0.15, 0.2) is 0 Å². The average molecular weight is 372 g/mol. The number of hydrazine groups is 1. The third kappa shape index (κ3) is 4.58. The lowest BCUT2D eigenvalue weighted by Gasteiger charge is -2.20. The second kappa shape index (κ2) is 8.58. The summed E-state index contributed by atoms with van der Waals surface area (Å²) in [6.07, 6.45) is 0.617. The maximum Gasteiger partial charge on any atom is 0.240 e. The third-order valence-electron chi connectivity index (χ3n) is 4.61. The van der Waals surface area contributed by atoms with Gasteiger partial charge < -0.3 is 10.0 Å². The van der Waals surface area contributed by atoms with Crippen LogP contribution in [-0.2, 0) is 4.79 Å². The van der Waals surface area contributed by atoms with Crippen LogP contribution in [0.4, 0.5) is 0 Å². The molecule has 6 heteroatoms. The summed E-state index contributed by atoms with van der Waals surface area (Å²) in [6, 6.07) is 15.3. The van der Waals surface area contributed by atoms with Crippen LogP contribution < -0.4 is 10.9 Å². The number of hydrogen-bond donors (Lipinski definition) is 3. The molecule has 26 heavy (non-hydrogen) atoms. The summed E-state index contributed by atoms with van der Waals surface area (Å²) in [5.41, 5.74) is 8.26. The number of hydrogen-bond acceptors (Lipinski definition) is 5. The summed E-state index contributed by atoms with van der Waals surface area (Å²) in [7, 11) is 1.84. The van der Waals surface area contributed by atoms with E-state index >= 15 is 0 Å². The van der Waals surface area contributed by atoms with Crippen molar-refractivity contribution >= 4 is 17.7 Å². The number of likely N-dealkylation sites (N-methyl/N-ethyl adjacent to an activating group) is 1. The summed E-state index contributed by atoms with van der Waals surface area (Å²) < 4.78 is 0. The van der Waals surface area contributed by atoms with Crippen LogP contribution in [0.15, 0.2) is 53.4 Å². The third-order valence-corrected chi connectivity index (χ3v) is 5.60. The topological polar surface area (TPSA) is 64.6 Å². The van der Waals surface area contributed by atoms with Crippen molar-refractivity contribution in [1.82, 2.24) is 15.8 Å². The number of phenols is 1. The van der Waals surface area contributed by atoms with E-state index in [1.165, 1.54) is 10.5 Å². The molecule has 2 unspecified atom stereocenters. The molecule has 0 bridgehead atoms. The first-order valence-corrected chi connectivity index (χ1v) is 9.76. The molecule has 2 aromatic carbocycles. The summed E-state index contributed by atoms with van der Waals surface area (Å²) in [5, 5.41) is 9.98. The minimum atomic E-state index is -0.283. The van der Waals surface area contributed by atoms with E-state index < -0.39 is 0 Å². The first-order chi connectivity index (χ1) is 12.5. The number of para-hydroxylation sites is 1.